The molecule has 0 aliphatic rings. The zero-order valence-corrected chi connectivity index (χ0v) is 13.7. The maximum absolute atomic E-state index is 11.8. The zero-order valence-electron chi connectivity index (χ0n) is 12.9. The van der Waals surface area contributed by atoms with Gasteiger partial charge >= 0.3 is 12.0 Å². The second-order valence-corrected chi connectivity index (χ2v) is 6.18. The average Bonchev–Trinajstić information content (AvgIpc) is 2.49. The second-order valence-electron chi connectivity index (χ2n) is 4.65. The molecule has 130 valence electrons. The molecule has 9 nitrogen and oxygen atoms in total. The Labute approximate surface area is 138 Å². The Morgan fingerprint density at radius 3 is 2.58 bits per heavy atom. The van der Waals surface area contributed by atoms with Crippen molar-refractivity contribution in [1.82, 2.24) is 10.6 Å². The molecule has 0 unspecified atom stereocenters. The van der Waals surface area contributed by atoms with Crippen LogP contribution in [-0.2, 0) is 19.6 Å². The van der Waals surface area contributed by atoms with Gasteiger partial charge in [0.2, 0.25) is 10.0 Å². The Balaban J connectivity index is 2.68. The third kappa shape index (κ3) is 5.82. The Kier molecular flexibility index (Phi) is 6.62. The van der Waals surface area contributed by atoms with Gasteiger partial charge in [0.1, 0.15) is 0 Å². The standard InChI is InChI=1S/C14H17N3O6S/c1-3-6-16-14(20)17-12(18)8-23-13(19)10-5-4-9(2)11(7-10)24(15,21)22/h3-5,7H,1,6,8H2,2H3,(H2,15,21,22)(H2,16,17,18,20). The van der Waals surface area contributed by atoms with Crippen LogP contribution in [0.2, 0.25) is 0 Å². The molecule has 0 saturated heterocycles. The van der Waals surface area contributed by atoms with E-state index < -0.39 is 34.5 Å². The fourth-order valence-corrected chi connectivity index (χ4v) is 2.43. The molecule has 0 heterocycles. The van der Waals surface area contributed by atoms with Crippen LogP contribution in [0.3, 0.4) is 0 Å². The molecule has 0 aromatic heterocycles. The summed E-state index contributed by atoms with van der Waals surface area (Å²) in [5.74, 6) is -1.77. The number of urea groups is 1. The number of ether oxygens (including phenoxy) is 1. The number of esters is 1. The van der Waals surface area contributed by atoms with E-state index in [1.165, 1.54) is 25.1 Å². The molecule has 24 heavy (non-hydrogen) atoms. The Hall–Kier alpha value is -2.72. The summed E-state index contributed by atoms with van der Waals surface area (Å²) in [4.78, 5) is 34.3. The molecule has 10 heteroatoms. The molecule has 4 N–H and O–H groups in total. The highest BCUT2D eigenvalue weighted by Gasteiger charge is 2.17. The molecule has 1 rings (SSSR count). The highest BCUT2D eigenvalue weighted by Crippen LogP contribution is 2.16. The summed E-state index contributed by atoms with van der Waals surface area (Å²) in [6, 6.07) is 3.02. The molecular formula is C14H17N3O6S. The molecule has 1 aromatic carbocycles. The molecule has 1 aromatic rings. The summed E-state index contributed by atoms with van der Waals surface area (Å²) < 4.78 is 27.5. The first-order valence-corrected chi connectivity index (χ1v) is 8.19. The zero-order chi connectivity index (χ0) is 18.3. The molecule has 0 radical (unpaired) electrons. The van der Waals surface area contributed by atoms with Crippen LogP contribution in [0.25, 0.3) is 0 Å². The van der Waals surface area contributed by atoms with Crippen LogP contribution in [0.15, 0.2) is 35.7 Å². The lowest BCUT2D eigenvalue weighted by Crippen LogP contribution is -2.41. The summed E-state index contributed by atoms with van der Waals surface area (Å²) in [6.07, 6.45) is 1.42. The predicted molar refractivity (Wildman–Crippen MR) is 84.6 cm³/mol. The number of sulfonamides is 1. The van der Waals surface area contributed by atoms with Crippen LogP contribution in [0.1, 0.15) is 15.9 Å². The number of carbonyl (C=O) groups excluding carboxylic acids is 3. The van der Waals surface area contributed by atoms with Gasteiger partial charge in [-0.25, -0.2) is 23.1 Å². The van der Waals surface area contributed by atoms with Crippen LogP contribution in [0.5, 0.6) is 0 Å². The molecular weight excluding hydrogens is 338 g/mol. The van der Waals surface area contributed by atoms with E-state index in [0.29, 0.717) is 5.56 Å². The van der Waals surface area contributed by atoms with Crippen LogP contribution < -0.4 is 15.8 Å². The van der Waals surface area contributed by atoms with Gasteiger partial charge in [-0.05, 0) is 24.6 Å². The fraction of sp³-hybridized carbons (Fsp3) is 0.214. The van der Waals surface area contributed by atoms with Gasteiger partial charge < -0.3 is 10.1 Å². The minimum Gasteiger partial charge on any atom is -0.452 e. The van der Waals surface area contributed by atoms with Crippen molar-refractivity contribution in [2.24, 2.45) is 5.14 Å². The molecule has 0 fully saturated rings. The highest BCUT2D eigenvalue weighted by molar-refractivity contribution is 7.89. The predicted octanol–water partition coefficient (Wildman–Crippen LogP) is -0.189. The first kappa shape index (κ1) is 19.3. The number of amides is 3. The van der Waals surface area contributed by atoms with Crippen molar-refractivity contribution in [1.29, 1.82) is 0 Å². The number of carbonyl (C=O) groups is 3. The minimum absolute atomic E-state index is 0.0893. The van der Waals surface area contributed by atoms with Gasteiger partial charge in [-0.3, -0.25) is 10.1 Å². The molecule has 0 bridgehead atoms. The first-order valence-electron chi connectivity index (χ1n) is 6.64. The van der Waals surface area contributed by atoms with Gasteiger partial charge in [-0.2, -0.15) is 0 Å². The van der Waals surface area contributed by atoms with E-state index >= 15 is 0 Å². The summed E-state index contributed by atoms with van der Waals surface area (Å²) >= 11 is 0. The van der Waals surface area contributed by atoms with E-state index in [0.717, 1.165) is 6.07 Å². The minimum atomic E-state index is -3.99. The van der Waals surface area contributed by atoms with Gasteiger partial charge in [-0.1, -0.05) is 12.1 Å². The molecule has 0 aliphatic heterocycles. The summed E-state index contributed by atoms with van der Waals surface area (Å²) in [5.41, 5.74) is 0.277. The van der Waals surface area contributed by atoms with Crippen molar-refractivity contribution in [2.45, 2.75) is 11.8 Å². The second kappa shape index (κ2) is 8.22. The number of primary sulfonamides is 1. The van der Waals surface area contributed by atoms with Crippen molar-refractivity contribution in [3.63, 3.8) is 0 Å². The van der Waals surface area contributed by atoms with Crippen molar-refractivity contribution < 1.29 is 27.5 Å². The maximum atomic E-state index is 11.8. The number of benzene rings is 1. The number of nitrogens with two attached hydrogens (primary N) is 1. The normalized spacial score (nSPS) is 10.6. The Bertz CT molecular complexity index is 773. The molecule has 0 atom stereocenters. The molecule has 3 amide bonds. The monoisotopic (exact) mass is 355 g/mol. The topological polar surface area (TPSA) is 145 Å². The van der Waals surface area contributed by atoms with Crippen molar-refractivity contribution in [3.05, 3.63) is 42.0 Å². The van der Waals surface area contributed by atoms with E-state index in [4.69, 9.17) is 9.88 Å². The third-order valence-corrected chi connectivity index (χ3v) is 3.78. The summed E-state index contributed by atoms with van der Waals surface area (Å²) in [5, 5.41) is 9.29. The smallest absolute Gasteiger partial charge is 0.338 e. The van der Waals surface area contributed by atoms with Gasteiger partial charge in [0.05, 0.1) is 10.5 Å². The van der Waals surface area contributed by atoms with Gasteiger partial charge in [0, 0.05) is 6.54 Å². The first-order chi connectivity index (χ1) is 11.1. The lowest BCUT2D eigenvalue weighted by Gasteiger charge is -2.08. The Morgan fingerprint density at radius 2 is 2.00 bits per heavy atom. The maximum Gasteiger partial charge on any atom is 0.338 e. The number of nitrogens with one attached hydrogen (secondary N) is 2. The van der Waals surface area contributed by atoms with Crippen molar-refractivity contribution >= 4 is 27.9 Å². The number of rotatable bonds is 6. The van der Waals surface area contributed by atoms with Crippen LogP contribution in [0.4, 0.5) is 4.79 Å². The summed E-state index contributed by atoms with van der Waals surface area (Å²) in [7, 11) is -3.99. The number of aryl methyl sites for hydroxylation is 1. The molecule has 0 saturated carbocycles. The average molecular weight is 355 g/mol. The van der Waals surface area contributed by atoms with E-state index in [1.54, 1.807) is 0 Å². The van der Waals surface area contributed by atoms with E-state index in [1.807, 2.05) is 5.32 Å². The van der Waals surface area contributed by atoms with Gasteiger partial charge in [-0.15, -0.1) is 6.58 Å². The third-order valence-electron chi connectivity index (χ3n) is 2.72. The number of imide groups is 1. The molecule has 0 spiro atoms. The lowest BCUT2D eigenvalue weighted by molar-refractivity contribution is -0.123. The number of hydrogen-bond acceptors (Lipinski definition) is 6. The quantitative estimate of drug-likeness (QED) is 0.476. The number of hydrogen-bond donors (Lipinski definition) is 3. The van der Waals surface area contributed by atoms with E-state index in [-0.39, 0.29) is 17.0 Å². The van der Waals surface area contributed by atoms with E-state index in [2.05, 4.69) is 11.9 Å². The largest absolute Gasteiger partial charge is 0.452 e. The van der Waals surface area contributed by atoms with Crippen molar-refractivity contribution in [2.75, 3.05) is 13.2 Å². The lowest BCUT2D eigenvalue weighted by atomic mass is 10.1. The van der Waals surface area contributed by atoms with Gasteiger partial charge in [0.25, 0.3) is 5.91 Å². The van der Waals surface area contributed by atoms with Crippen molar-refractivity contribution in [3.8, 4) is 0 Å². The SMILES string of the molecule is C=CCNC(=O)NC(=O)COC(=O)c1ccc(C)c(S(N)(=O)=O)c1. The highest BCUT2D eigenvalue weighted by atomic mass is 32.2. The van der Waals surface area contributed by atoms with Crippen LogP contribution in [0, 0.1) is 6.92 Å². The van der Waals surface area contributed by atoms with Gasteiger partial charge in [0.15, 0.2) is 6.61 Å². The Morgan fingerprint density at radius 1 is 1.33 bits per heavy atom. The fourth-order valence-electron chi connectivity index (χ4n) is 1.62. The molecule has 0 aliphatic carbocycles. The van der Waals surface area contributed by atoms with E-state index in [9.17, 15) is 22.8 Å². The van der Waals surface area contributed by atoms with Crippen LogP contribution in [-0.4, -0.2) is 39.5 Å². The van der Waals surface area contributed by atoms with Crippen LogP contribution >= 0.6 is 0 Å². The summed E-state index contributed by atoms with van der Waals surface area (Å²) in [6.45, 7) is 4.36.